The maximum Gasteiger partial charge on any atom is 0.164 e. The third-order valence-corrected chi connectivity index (χ3v) is 3.03. The van der Waals surface area contributed by atoms with Crippen molar-refractivity contribution in [3.05, 3.63) is 53.9 Å². The van der Waals surface area contributed by atoms with Crippen LogP contribution in [-0.2, 0) is 13.0 Å². The largest absolute Gasteiger partial charge is 0.490 e. The van der Waals surface area contributed by atoms with Crippen molar-refractivity contribution in [3.63, 3.8) is 0 Å². The van der Waals surface area contributed by atoms with Gasteiger partial charge in [0.25, 0.3) is 0 Å². The fraction of sp³-hybridized carbons (Fsp3) is 0.353. The first-order valence-electron chi connectivity index (χ1n) is 7.22. The molecule has 0 aliphatic heterocycles. The molecule has 1 heterocycles. The van der Waals surface area contributed by atoms with Crippen LogP contribution >= 0.6 is 0 Å². The summed E-state index contributed by atoms with van der Waals surface area (Å²) in [4.78, 5) is 4.01. The highest BCUT2D eigenvalue weighted by molar-refractivity contribution is 5.47. The third-order valence-electron chi connectivity index (χ3n) is 3.03. The first kappa shape index (κ1) is 15.3. The minimum absolute atomic E-state index is 0.0742. The van der Waals surface area contributed by atoms with Crippen molar-refractivity contribution in [2.45, 2.75) is 32.9 Å². The van der Waals surface area contributed by atoms with Crippen LogP contribution in [0.5, 0.6) is 11.5 Å². The Kier molecular flexibility index (Phi) is 5.58. The molecule has 0 amide bonds. The molecule has 0 aliphatic carbocycles. The van der Waals surface area contributed by atoms with Crippen LogP contribution in [0.1, 0.15) is 25.0 Å². The lowest BCUT2D eigenvalue weighted by atomic mass is 10.1. The lowest BCUT2D eigenvalue weighted by Crippen LogP contribution is -2.18. The normalized spacial score (nSPS) is 12.0. The number of benzene rings is 1. The third kappa shape index (κ3) is 4.46. The number of ether oxygens (including phenoxy) is 2. The standard InChI is InChI=1S/C17H22N2O2/c1-3-20-16-6-4-5-15(11-13(2)18)17(16)21-12-14-7-9-19-10-8-14/h4-10,13H,3,11-12,18H2,1-2H3. The zero-order valence-corrected chi connectivity index (χ0v) is 12.6. The molecular weight excluding hydrogens is 264 g/mol. The van der Waals surface area contributed by atoms with Gasteiger partial charge in [0, 0.05) is 18.4 Å². The average molecular weight is 286 g/mol. The highest BCUT2D eigenvalue weighted by Gasteiger charge is 2.12. The second-order valence-electron chi connectivity index (χ2n) is 5.00. The van der Waals surface area contributed by atoms with E-state index in [0.717, 1.165) is 29.0 Å². The Morgan fingerprint density at radius 3 is 2.57 bits per heavy atom. The summed E-state index contributed by atoms with van der Waals surface area (Å²) in [6.45, 7) is 5.04. The molecule has 2 N–H and O–H groups in total. The molecule has 1 aromatic heterocycles. The minimum Gasteiger partial charge on any atom is -0.490 e. The van der Waals surface area contributed by atoms with Gasteiger partial charge in [-0.15, -0.1) is 0 Å². The Morgan fingerprint density at radius 2 is 1.90 bits per heavy atom. The molecule has 0 saturated heterocycles. The number of nitrogens with two attached hydrogens (primary N) is 1. The fourth-order valence-corrected chi connectivity index (χ4v) is 2.14. The smallest absolute Gasteiger partial charge is 0.164 e. The van der Waals surface area contributed by atoms with Gasteiger partial charge < -0.3 is 15.2 Å². The van der Waals surface area contributed by atoms with Crippen LogP contribution in [0.25, 0.3) is 0 Å². The van der Waals surface area contributed by atoms with Gasteiger partial charge in [-0.05, 0) is 49.6 Å². The van der Waals surface area contributed by atoms with Crippen molar-refractivity contribution < 1.29 is 9.47 Å². The monoisotopic (exact) mass is 286 g/mol. The summed E-state index contributed by atoms with van der Waals surface area (Å²) < 4.78 is 11.7. The first-order valence-corrected chi connectivity index (χ1v) is 7.22. The van der Waals surface area contributed by atoms with E-state index >= 15 is 0 Å². The van der Waals surface area contributed by atoms with E-state index in [4.69, 9.17) is 15.2 Å². The van der Waals surface area contributed by atoms with E-state index in [1.165, 1.54) is 0 Å². The van der Waals surface area contributed by atoms with Crippen LogP contribution < -0.4 is 15.2 Å². The molecule has 0 bridgehead atoms. The van der Waals surface area contributed by atoms with E-state index in [2.05, 4.69) is 4.98 Å². The molecule has 1 atom stereocenters. The zero-order valence-electron chi connectivity index (χ0n) is 12.6. The van der Waals surface area contributed by atoms with Crippen LogP contribution in [0, 0.1) is 0 Å². The van der Waals surface area contributed by atoms with E-state index < -0.39 is 0 Å². The minimum atomic E-state index is 0.0742. The van der Waals surface area contributed by atoms with Gasteiger partial charge in [0.2, 0.25) is 0 Å². The maximum atomic E-state index is 6.00. The van der Waals surface area contributed by atoms with E-state index in [0.29, 0.717) is 13.2 Å². The second-order valence-corrected chi connectivity index (χ2v) is 5.00. The quantitative estimate of drug-likeness (QED) is 0.850. The number of hydrogen-bond donors (Lipinski definition) is 1. The van der Waals surface area contributed by atoms with Gasteiger partial charge in [0.15, 0.2) is 11.5 Å². The molecule has 2 aromatic rings. The van der Waals surface area contributed by atoms with Crippen LogP contribution in [0.15, 0.2) is 42.7 Å². The second kappa shape index (κ2) is 7.64. The highest BCUT2D eigenvalue weighted by Crippen LogP contribution is 2.32. The van der Waals surface area contributed by atoms with Crippen molar-refractivity contribution in [2.75, 3.05) is 6.61 Å². The van der Waals surface area contributed by atoms with Gasteiger partial charge in [0.05, 0.1) is 6.61 Å². The van der Waals surface area contributed by atoms with Crippen LogP contribution in [0.2, 0.25) is 0 Å². The molecule has 4 heteroatoms. The van der Waals surface area contributed by atoms with Crippen molar-refractivity contribution in [3.8, 4) is 11.5 Å². The molecule has 1 aromatic carbocycles. The molecule has 0 fully saturated rings. The Labute approximate surface area is 125 Å². The Balaban J connectivity index is 2.21. The van der Waals surface area contributed by atoms with Crippen molar-refractivity contribution in [1.29, 1.82) is 0 Å². The molecule has 0 radical (unpaired) electrons. The number of pyridine rings is 1. The Bertz CT molecular complexity index is 556. The summed E-state index contributed by atoms with van der Waals surface area (Å²) >= 11 is 0. The first-order chi connectivity index (χ1) is 10.2. The van der Waals surface area contributed by atoms with Crippen molar-refractivity contribution in [1.82, 2.24) is 4.98 Å². The molecule has 21 heavy (non-hydrogen) atoms. The van der Waals surface area contributed by atoms with Gasteiger partial charge >= 0.3 is 0 Å². The number of nitrogens with zero attached hydrogens (tertiary/aromatic N) is 1. The summed E-state index contributed by atoms with van der Waals surface area (Å²) in [6.07, 6.45) is 4.28. The zero-order chi connectivity index (χ0) is 15.1. The molecule has 112 valence electrons. The van der Waals surface area contributed by atoms with Gasteiger partial charge in [0.1, 0.15) is 6.61 Å². The number of rotatable bonds is 7. The molecule has 0 aliphatic rings. The van der Waals surface area contributed by atoms with Gasteiger partial charge in [-0.3, -0.25) is 4.98 Å². The van der Waals surface area contributed by atoms with Crippen LogP contribution in [0.3, 0.4) is 0 Å². The van der Waals surface area contributed by atoms with Gasteiger partial charge in [-0.1, -0.05) is 12.1 Å². The predicted octanol–water partition coefficient (Wildman–Crippen LogP) is 2.95. The van der Waals surface area contributed by atoms with E-state index in [1.807, 2.05) is 44.2 Å². The van der Waals surface area contributed by atoms with E-state index in [1.54, 1.807) is 12.4 Å². The summed E-state index contributed by atoms with van der Waals surface area (Å²) in [7, 11) is 0. The lowest BCUT2D eigenvalue weighted by Gasteiger charge is -2.17. The van der Waals surface area contributed by atoms with E-state index in [-0.39, 0.29) is 6.04 Å². The van der Waals surface area contributed by atoms with Gasteiger partial charge in [-0.2, -0.15) is 0 Å². The Hall–Kier alpha value is -2.07. The van der Waals surface area contributed by atoms with Crippen LogP contribution in [0.4, 0.5) is 0 Å². The van der Waals surface area contributed by atoms with Crippen molar-refractivity contribution >= 4 is 0 Å². The summed E-state index contributed by atoms with van der Waals surface area (Å²) in [6, 6.07) is 9.89. The summed E-state index contributed by atoms with van der Waals surface area (Å²) in [5, 5.41) is 0. The number of hydrogen-bond acceptors (Lipinski definition) is 4. The van der Waals surface area contributed by atoms with Gasteiger partial charge in [-0.25, -0.2) is 0 Å². The topological polar surface area (TPSA) is 57.4 Å². The lowest BCUT2D eigenvalue weighted by molar-refractivity contribution is 0.266. The Morgan fingerprint density at radius 1 is 1.14 bits per heavy atom. The predicted molar refractivity (Wildman–Crippen MR) is 83.5 cm³/mol. The molecule has 4 nitrogen and oxygen atoms in total. The molecule has 1 unspecified atom stereocenters. The summed E-state index contributed by atoms with van der Waals surface area (Å²) in [5.74, 6) is 1.55. The molecule has 0 saturated carbocycles. The van der Waals surface area contributed by atoms with Crippen LogP contribution in [-0.4, -0.2) is 17.6 Å². The highest BCUT2D eigenvalue weighted by atomic mass is 16.5. The average Bonchev–Trinajstić information content (AvgIpc) is 2.47. The molecule has 2 rings (SSSR count). The van der Waals surface area contributed by atoms with Crippen molar-refractivity contribution in [2.24, 2.45) is 5.73 Å². The number of para-hydroxylation sites is 1. The fourth-order valence-electron chi connectivity index (χ4n) is 2.14. The summed E-state index contributed by atoms with van der Waals surface area (Å²) in [5.41, 5.74) is 8.07. The SMILES string of the molecule is CCOc1cccc(CC(C)N)c1OCc1ccncc1. The van der Waals surface area contributed by atoms with E-state index in [9.17, 15) is 0 Å². The number of aromatic nitrogens is 1. The molecular formula is C17H22N2O2. The maximum absolute atomic E-state index is 6.00. The molecule has 0 spiro atoms.